The molecule has 1 atom stereocenters. The third kappa shape index (κ3) is 5.98. The fraction of sp³-hybridized carbons (Fsp3) is 0.357. The van der Waals surface area contributed by atoms with Gasteiger partial charge in [-0.1, -0.05) is 44.2 Å². The zero-order chi connectivity index (χ0) is 25.9. The second-order valence-electron chi connectivity index (χ2n) is 9.21. The van der Waals surface area contributed by atoms with Crippen LogP contribution in [0.4, 0.5) is 18.9 Å². The Morgan fingerprint density at radius 2 is 1.75 bits per heavy atom. The molecular formula is C28H29F3N2O3. The molecule has 1 aliphatic rings. The van der Waals surface area contributed by atoms with Crippen LogP contribution in [0, 0.1) is 0 Å². The molecule has 1 amide bonds. The van der Waals surface area contributed by atoms with Gasteiger partial charge in [0.05, 0.1) is 25.3 Å². The van der Waals surface area contributed by atoms with Crippen LogP contribution in [0.5, 0.6) is 11.6 Å². The maximum Gasteiger partial charge on any atom is 0.573 e. The van der Waals surface area contributed by atoms with Crippen molar-refractivity contribution in [2.45, 2.75) is 57.9 Å². The standard InChI is InChI=1S/C28H29F3N2O3/c1-18(2)20-9-12-22(13-10-20)33(17-19-7-14-23(15-8-19)36-28(29,30)31)27(34)24-6-4-5-21-11-16-25(35-3)32-26(21)24/h7-16,18,24H,4-6,17H2,1-3H3. The highest BCUT2D eigenvalue weighted by Gasteiger charge is 2.33. The highest BCUT2D eigenvalue weighted by molar-refractivity contribution is 5.98. The van der Waals surface area contributed by atoms with Crippen molar-refractivity contribution >= 4 is 11.6 Å². The maximum absolute atomic E-state index is 14.0. The first-order chi connectivity index (χ1) is 17.1. The van der Waals surface area contributed by atoms with E-state index in [1.807, 2.05) is 30.3 Å². The molecule has 2 aromatic carbocycles. The number of aryl methyl sites for hydroxylation is 1. The van der Waals surface area contributed by atoms with Crippen LogP contribution < -0.4 is 14.4 Å². The molecule has 0 radical (unpaired) electrons. The van der Waals surface area contributed by atoms with E-state index in [0.717, 1.165) is 35.3 Å². The number of aromatic nitrogens is 1. The van der Waals surface area contributed by atoms with E-state index in [1.54, 1.807) is 30.2 Å². The average molecular weight is 499 g/mol. The molecule has 4 rings (SSSR count). The number of nitrogens with zero attached hydrogens (tertiary/aromatic N) is 2. The molecule has 1 aromatic heterocycles. The number of benzene rings is 2. The summed E-state index contributed by atoms with van der Waals surface area (Å²) in [7, 11) is 1.54. The van der Waals surface area contributed by atoms with Crippen LogP contribution in [0.2, 0.25) is 0 Å². The number of hydrogen-bond acceptors (Lipinski definition) is 4. The van der Waals surface area contributed by atoms with Crippen molar-refractivity contribution in [3.63, 3.8) is 0 Å². The topological polar surface area (TPSA) is 51.7 Å². The summed E-state index contributed by atoms with van der Waals surface area (Å²) in [5.74, 6) is -0.0539. The molecule has 0 saturated heterocycles. The number of anilines is 1. The fourth-order valence-corrected chi connectivity index (χ4v) is 4.49. The molecule has 0 saturated carbocycles. The van der Waals surface area contributed by atoms with Gasteiger partial charge in [0.1, 0.15) is 5.75 Å². The number of ether oxygens (including phenoxy) is 2. The fourth-order valence-electron chi connectivity index (χ4n) is 4.49. The molecule has 1 aliphatic carbocycles. The summed E-state index contributed by atoms with van der Waals surface area (Å²) in [5, 5.41) is 0. The normalized spacial score (nSPS) is 15.4. The summed E-state index contributed by atoms with van der Waals surface area (Å²) < 4.78 is 47.0. The van der Waals surface area contributed by atoms with E-state index in [0.29, 0.717) is 23.8 Å². The number of hydrogen-bond donors (Lipinski definition) is 0. The van der Waals surface area contributed by atoms with E-state index < -0.39 is 12.3 Å². The molecule has 0 bridgehead atoms. The van der Waals surface area contributed by atoms with E-state index in [-0.39, 0.29) is 18.2 Å². The van der Waals surface area contributed by atoms with Gasteiger partial charge < -0.3 is 14.4 Å². The molecule has 3 aromatic rings. The smallest absolute Gasteiger partial charge is 0.481 e. The number of pyridine rings is 1. The van der Waals surface area contributed by atoms with Gasteiger partial charge >= 0.3 is 6.36 Å². The van der Waals surface area contributed by atoms with Gasteiger partial charge in [0.15, 0.2) is 0 Å². The van der Waals surface area contributed by atoms with Crippen molar-refractivity contribution in [2.24, 2.45) is 0 Å². The van der Waals surface area contributed by atoms with E-state index in [9.17, 15) is 18.0 Å². The predicted molar refractivity (Wildman–Crippen MR) is 131 cm³/mol. The van der Waals surface area contributed by atoms with E-state index in [4.69, 9.17) is 4.74 Å². The lowest BCUT2D eigenvalue weighted by atomic mass is 9.85. The highest BCUT2D eigenvalue weighted by atomic mass is 19.4. The van der Waals surface area contributed by atoms with Crippen LogP contribution >= 0.6 is 0 Å². The Balaban J connectivity index is 1.67. The average Bonchev–Trinajstić information content (AvgIpc) is 2.86. The van der Waals surface area contributed by atoms with Crippen LogP contribution in [0.15, 0.2) is 60.7 Å². The minimum atomic E-state index is -4.76. The number of carbonyl (C=O) groups is 1. The lowest BCUT2D eigenvalue weighted by Gasteiger charge is -2.31. The minimum Gasteiger partial charge on any atom is -0.481 e. The molecule has 0 aliphatic heterocycles. The summed E-state index contributed by atoms with van der Waals surface area (Å²) in [6, 6.07) is 17.2. The predicted octanol–water partition coefficient (Wildman–Crippen LogP) is 6.77. The quantitative estimate of drug-likeness (QED) is 0.361. The van der Waals surface area contributed by atoms with Gasteiger partial charge in [0, 0.05) is 11.8 Å². The van der Waals surface area contributed by atoms with Gasteiger partial charge in [-0.15, -0.1) is 13.2 Å². The molecular weight excluding hydrogens is 469 g/mol. The lowest BCUT2D eigenvalue weighted by Crippen LogP contribution is -2.36. The van der Waals surface area contributed by atoms with Gasteiger partial charge in [-0.25, -0.2) is 4.98 Å². The number of methoxy groups -OCH3 is 1. The van der Waals surface area contributed by atoms with Crippen molar-refractivity contribution < 1.29 is 27.4 Å². The van der Waals surface area contributed by atoms with Crippen LogP contribution in [-0.4, -0.2) is 24.4 Å². The number of rotatable bonds is 7. The SMILES string of the molecule is COc1ccc2c(n1)C(C(=O)N(Cc1ccc(OC(F)(F)F)cc1)c1ccc(C(C)C)cc1)CCC2. The molecule has 8 heteroatoms. The van der Waals surface area contributed by atoms with Gasteiger partial charge in [-0.3, -0.25) is 4.79 Å². The number of alkyl halides is 3. The van der Waals surface area contributed by atoms with Crippen LogP contribution in [0.3, 0.4) is 0 Å². The van der Waals surface area contributed by atoms with Crippen molar-refractivity contribution in [2.75, 3.05) is 12.0 Å². The molecule has 0 fully saturated rings. The second-order valence-corrected chi connectivity index (χ2v) is 9.21. The van der Waals surface area contributed by atoms with Crippen molar-refractivity contribution in [3.8, 4) is 11.6 Å². The van der Waals surface area contributed by atoms with Crippen LogP contribution in [-0.2, 0) is 17.8 Å². The van der Waals surface area contributed by atoms with Gasteiger partial charge in [-0.05, 0) is 66.1 Å². The number of fused-ring (bicyclic) bond motifs is 1. The zero-order valence-corrected chi connectivity index (χ0v) is 20.5. The first kappa shape index (κ1) is 25.5. The Morgan fingerprint density at radius 1 is 1.06 bits per heavy atom. The third-order valence-corrected chi connectivity index (χ3v) is 6.40. The summed E-state index contributed by atoms with van der Waals surface area (Å²) in [6.45, 7) is 4.39. The third-order valence-electron chi connectivity index (χ3n) is 6.40. The van der Waals surface area contributed by atoms with Gasteiger partial charge in [-0.2, -0.15) is 0 Å². The second kappa shape index (κ2) is 10.6. The first-order valence-electron chi connectivity index (χ1n) is 11.9. The Morgan fingerprint density at radius 3 is 2.36 bits per heavy atom. The highest BCUT2D eigenvalue weighted by Crippen LogP contribution is 2.35. The van der Waals surface area contributed by atoms with Gasteiger partial charge in [0.2, 0.25) is 11.8 Å². The van der Waals surface area contributed by atoms with E-state index >= 15 is 0 Å². The van der Waals surface area contributed by atoms with Crippen LogP contribution in [0.25, 0.3) is 0 Å². The number of halogens is 3. The summed E-state index contributed by atoms with van der Waals surface area (Å²) >= 11 is 0. The molecule has 0 spiro atoms. The Hall–Kier alpha value is -3.55. The van der Waals surface area contributed by atoms with Crippen molar-refractivity contribution in [1.82, 2.24) is 4.98 Å². The van der Waals surface area contributed by atoms with E-state index in [2.05, 4.69) is 23.6 Å². The molecule has 1 unspecified atom stereocenters. The number of carbonyl (C=O) groups excluding carboxylic acids is 1. The Kier molecular flexibility index (Phi) is 7.52. The minimum absolute atomic E-state index is 0.107. The Labute approximate surface area is 208 Å². The summed E-state index contributed by atoms with van der Waals surface area (Å²) in [6.07, 6.45) is -2.39. The Bertz CT molecular complexity index is 1190. The largest absolute Gasteiger partial charge is 0.573 e. The van der Waals surface area contributed by atoms with Crippen LogP contribution in [0.1, 0.15) is 60.9 Å². The molecule has 1 heterocycles. The van der Waals surface area contributed by atoms with Crippen molar-refractivity contribution in [1.29, 1.82) is 0 Å². The molecule has 36 heavy (non-hydrogen) atoms. The van der Waals surface area contributed by atoms with E-state index in [1.165, 1.54) is 12.1 Å². The molecule has 190 valence electrons. The van der Waals surface area contributed by atoms with Gasteiger partial charge in [0.25, 0.3) is 0 Å². The van der Waals surface area contributed by atoms with Crippen molar-refractivity contribution in [3.05, 3.63) is 83.0 Å². The summed E-state index contributed by atoms with van der Waals surface area (Å²) in [5.41, 5.74) is 4.30. The number of amides is 1. The monoisotopic (exact) mass is 498 g/mol. The maximum atomic E-state index is 14.0. The molecule has 0 N–H and O–H groups in total. The zero-order valence-electron chi connectivity index (χ0n) is 20.5. The molecule has 5 nitrogen and oxygen atoms in total. The first-order valence-corrected chi connectivity index (χ1v) is 11.9. The summed E-state index contributed by atoms with van der Waals surface area (Å²) in [4.78, 5) is 20.3. The lowest BCUT2D eigenvalue weighted by molar-refractivity contribution is -0.274.